The van der Waals surface area contributed by atoms with Gasteiger partial charge < -0.3 is 14.3 Å². The van der Waals surface area contributed by atoms with Crippen LogP contribution in [-0.4, -0.2) is 16.9 Å². The number of ketones is 1. The van der Waals surface area contributed by atoms with Gasteiger partial charge in [0, 0.05) is 16.0 Å². The molecule has 0 saturated carbocycles. The second-order valence-corrected chi connectivity index (χ2v) is 7.05. The van der Waals surface area contributed by atoms with E-state index in [0.717, 1.165) is 5.56 Å². The van der Waals surface area contributed by atoms with Crippen LogP contribution < -0.4 is 4.74 Å². The molecule has 1 aliphatic heterocycles. The third-order valence-electron chi connectivity index (χ3n) is 4.82. The molecular weight excluding hydrogens is 356 g/mol. The Morgan fingerprint density at radius 3 is 2.54 bits per heavy atom. The van der Waals surface area contributed by atoms with Gasteiger partial charge in [0.1, 0.15) is 16.9 Å². The lowest BCUT2D eigenvalue weighted by atomic mass is 9.84. The first-order valence-corrected chi connectivity index (χ1v) is 8.45. The van der Waals surface area contributed by atoms with Crippen molar-refractivity contribution in [1.82, 2.24) is 0 Å². The van der Waals surface area contributed by atoms with Crippen molar-refractivity contribution in [2.24, 2.45) is 0 Å². The molecule has 6 heteroatoms. The number of aryl methyl sites for hydroxylation is 1. The number of halogens is 1. The number of carboxylic acids is 1. The molecule has 0 fully saturated rings. The number of hydrogen-bond donors (Lipinski definition) is 1. The average molecular weight is 371 g/mol. The van der Waals surface area contributed by atoms with Crippen molar-refractivity contribution >= 4 is 34.3 Å². The van der Waals surface area contributed by atoms with Crippen LogP contribution in [0.5, 0.6) is 5.75 Å². The molecule has 0 spiro atoms. The first kappa shape index (κ1) is 16.7. The molecular formula is C20H15ClO5. The third kappa shape index (κ3) is 2.39. The molecule has 0 amide bonds. The first-order chi connectivity index (χ1) is 12.3. The van der Waals surface area contributed by atoms with Gasteiger partial charge in [-0.2, -0.15) is 0 Å². The summed E-state index contributed by atoms with van der Waals surface area (Å²) in [6, 6.07) is 10.5. The number of rotatable bonds is 2. The van der Waals surface area contributed by atoms with Gasteiger partial charge in [-0.05, 0) is 43.7 Å². The molecule has 1 aliphatic rings. The van der Waals surface area contributed by atoms with E-state index in [1.807, 2.05) is 19.1 Å². The number of aromatic carboxylic acids is 1. The lowest BCUT2D eigenvalue weighted by Gasteiger charge is -2.35. The fourth-order valence-electron chi connectivity index (χ4n) is 3.52. The molecule has 1 N–H and O–H groups in total. The summed E-state index contributed by atoms with van der Waals surface area (Å²) in [5.41, 5.74) is 1.19. The van der Waals surface area contributed by atoms with E-state index < -0.39 is 11.6 Å². The van der Waals surface area contributed by atoms with Crippen molar-refractivity contribution < 1.29 is 23.8 Å². The lowest BCUT2D eigenvalue weighted by molar-refractivity contribution is 0.0507. The molecule has 1 aromatic heterocycles. The van der Waals surface area contributed by atoms with Crippen molar-refractivity contribution in [3.05, 3.63) is 63.9 Å². The monoisotopic (exact) mass is 370 g/mol. The summed E-state index contributed by atoms with van der Waals surface area (Å²) in [5, 5.41) is 10.4. The molecule has 0 aliphatic carbocycles. The maximum absolute atomic E-state index is 13.0. The Morgan fingerprint density at radius 2 is 1.88 bits per heavy atom. The van der Waals surface area contributed by atoms with Crippen molar-refractivity contribution in [3.8, 4) is 5.75 Å². The van der Waals surface area contributed by atoms with E-state index in [2.05, 4.69) is 0 Å². The zero-order valence-electron chi connectivity index (χ0n) is 14.1. The molecule has 3 aromatic rings. The lowest BCUT2D eigenvalue weighted by Crippen LogP contribution is -2.36. The van der Waals surface area contributed by atoms with E-state index in [1.165, 1.54) is 0 Å². The Balaban J connectivity index is 1.88. The topological polar surface area (TPSA) is 76.7 Å². The van der Waals surface area contributed by atoms with E-state index in [9.17, 15) is 14.7 Å². The zero-order chi connectivity index (χ0) is 18.6. The number of carboxylic acid groups (broad SMARTS) is 1. The van der Waals surface area contributed by atoms with Gasteiger partial charge in [0.15, 0.2) is 5.78 Å². The van der Waals surface area contributed by atoms with E-state index in [4.69, 9.17) is 20.8 Å². The Labute approximate surface area is 154 Å². The van der Waals surface area contributed by atoms with Gasteiger partial charge in [0.2, 0.25) is 5.76 Å². The van der Waals surface area contributed by atoms with E-state index in [0.29, 0.717) is 32.9 Å². The van der Waals surface area contributed by atoms with Crippen molar-refractivity contribution in [1.29, 1.82) is 0 Å². The van der Waals surface area contributed by atoms with Crippen LogP contribution >= 0.6 is 11.6 Å². The first-order valence-electron chi connectivity index (χ1n) is 8.08. The number of fused-ring (bicyclic) bond motifs is 3. The predicted molar refractivity (Wildman–Crippen MR) is 96.3 cm³/mol. The molecule has 0 radical (unpaired) electrons. The zero-order valence-corrected chi connectivity index (χ0v) is 14.9. The van der Waals surface area contributed by atoms with Gasteiger partial charge in [-0.3, -0.25) is 4.79 Å². The largest absolute Gasteiger partial charge is 0.482 e. The Kier molecular flexibility index (Phi) is 3.59. The van der Waals surface area contributed by atoms with Gasteiger partial charge in [0.05, 0.1) is 12.0 Å². The molecule has 132 valence electrons. The maximum Gasteiger partial charge on any atom is 0.372 e. The summed E-state index contributed by atoms with van der Waals surface area (Å²) in [4.78, 5) is 24.3. The molecule has 2 aromatic carbocycles. The summed E-state index contributed by atoms with van der Waals surface area (Å²) in [5.74, 6) is -1.02. The van der Waals surface area contributed by atoms with Crippen molar-refractivity contribution in [2.75, 3.05) is 0 Å². The summed E-state index contributed by atoms with van der Waals surface area (Å²) in [6.07, 6.45) is 0.133. The second-order valence-electron chi connectivity index (χ2n) is 6.61. The van der Waals surface area contributed by atoms with Crippen LogP contribution in [0.2, 0.25) is 5.02 Å². The second kappa shape index (κ2) is 5.61. The summed E-state index contributed by atoms with van der Waals surface area (Å²) in [6.45, 7) is 3.49. The Morgan fingerprint density at radius 1 is 1.19 bits per heavy atom. The molecule has 0 saturated heterocycles. The minimum atomic E-state index is -1.16. The molecule has 4 rings (SSSR count). The molecule has 5 nitrogen and oxygen atoms in total. The van der Waals surface area contributed by atoms with E-state index in [-0.39, 0.29) is 18.0 Å². The summed E-state index contributed by atoms with van der Waals surface area (Å²) < 4.78 is 11.6. The number of hydrogen-bond acceptors (Lipinski definition) is 4. The third-order valence-corrected chi connectivity index (χ3v) is 5.07. The van der Waals surface area contributed by atoms with Crippen LogP contribution in [0, 0.1) is 6.92 Å². The fraction of sp³-hybridized carbons (Fsp3) is 0.200. The van der Waals surface area contributed by atoms with Crippen LogP contribution in [0.25, 0.3) is 11.0 Å². The highest BCUT2D eigenvalue weighted by atomic mass is 35.5. The van der Waals surface area contributed by atoms with Gasteiger partial charge in [-0.15, -0.1) is 0 Å². The van der Waals surface area contributed by atoms with Crippen molar-refractivity contribution in [2.45, 2.75) is 25.9 Å². The smallest absolute Gasteiger partial charge is 0.372 e. The van der Waals surface area contributed by atoms with Gasteiger partial charge in [-0.25, -0.2) is 4.79 Å². The summed E-state index contributed by atoms with van der Waals surface area (Å²) in [7, 11) is 0. The van der Waals surface area contributed by atoms with Crippen LogP contribution in [0.4, 0.5) is 0 Å². The highest BCUT2D eigenvalue weighted by molar-refractivity contribution is 6.30. The number of benzene rings is 2. The Hall–Kier alpha value is -2.79. The standard InChI is InChI=1S/C20H15ClO5/c1-10-16-14(25-18(10)19(23)24)7-8-15-17(16)13(22)9-20(2,26-15)11-3-5-12(21)6-4-11/h3-8H,9H2,1-2H3,(H,23,24). The van der Waals surface area contributed by atoms with Crippen LogP contribution in [0.3, 0.4) is 0 Å². The highest BCUT2D eigenvalue weighted by Gasteiger charge is 2.40. The predicted octanol–water partition coefficient (Wildman–Crippen LogP) is 4.97. The molecule has 2 heterocycles. The summed E-state index contributed by atoms with van der Waals surface area (Å²) >= 11 is 5.95. The van der Waals surface area contributed by atoms with Crippen LogP contribution in [0.1, 0.15) is 45.4 Å². The number of Topliss-reactive ketones (excluding diaryl/α,β-unsaturated/α-hetero) is 1. The van der Waals surface area contributed by atoms with E-state index >= 15 is 0 Å². The SMILES string of the molecule is Cc1c(C(=O)O)oc2ccc3c(c12)C(=O)CC(C)(c1ccc(Cl)cc1)O3. The minimum absolute atomic E-state index is 0.116. The molecule has 1 unspecified atom stereocenters. The Bertz CT molecular complexity index is 1060. The van der Waals surface area contributed by atoms with E-state index in [1.54, 1.807) is 31.2 Å². The molecule has 1 atom stereocenters. The van der Waals surface area contributed by atoms with Crippen LogP contribution in [0.15, 0.2) is 40.8 Å². The van der Waals surface area contributed by atoms with Gasteiger partial charge in [-0.1, -0.05) is 23.7 Å². The number of carbonyl (C=O) groups is 2. The minimum Gasteiger partial charge on any atom is -0.482 e. The van der Waals surface area contributed by atoms with Crippen LogP contribution in [-0.2, 0) is 5.60 Å². The fourth-order valence-corrected chi connectivity index (χ4v) is 3.65. The van der Waals surface area contributed by atoms with Crippen molar-refractivity contribution in [3.63, 3.8) is 0 Å². The average Bonchev–Trinajstić information content (AvgIpc) is 2.92. The number of furan rings is 1. The quantitative estimate of drug-likeness (QED) is 0.688. The molecule has 0 bridgehead atoms. The number of ether oxygens (including phenoxy) is 1. The van der Waals surface area contributed by atoms with Gasteiger partial charge in [0.25, 0.3) is 0 Å². The van der Waals surface area contributed by atoms with Gasteiger partial charge >= 0.3 is 5.97 Å². The maximum atomic E-state index is 13.0. The highest BCUT2D eigenvalue weighted by Crippen LogP contribution is 2.44. The number of carbonyl (C=O) groups excluding carboxylic acids is 1. The molecule has 26 heavy (non-hydrogen) atoms. The normalized spacial score (nSPS) is 19.3.